The highest BCUT2D eigenvalue weighted by Crippen LogP contribution is 2.10. The number of carbonyl (C=O) groups excluding carboxylic acids is 1. The van der Waals surface area contributed by atoms with E-state index in [-0.39, 0.29) is 23.5 Å². The summed E-state index contributed by atoms with van der Waals surface area (Å²) in [5.41, 5.74) is 1.75. The molecule has 1 amide bonds. The highest BCUT2D eigenvalue weighted by molar-refractivity contribution is 7.91. The molecule has 0 radical (unpaired) electrons. The maximum absolute atomic E-state index is 11.8. The predicted molar refractivity (Wildman–Crippen MR) is 78.6 cm³/mol. The first-order valence-electron chi connectivity index (χ1n) is 6.75. The molecule has 1 heterocycles. The van der Waals surface area contributed by atoms with Crippen LogP contribution in [0.25, 0.3) is 0 Å². The van der Waals surface area contributed by atoms with E-state index >= 15 is 0 Å². The molecule has 0 aromatic heterocycles. The van der Waals surface area contributed by atoms with Crippen molar-refractivity contribution in [2.24, 2.45) is 0 Å². The zero-order valence-electron chi connectivity index (χ0n) is 11.6. The van der Waals surface area contributed by atoms with Gasteiger partial charge in [0.15, 0.2) is 9.84 Å². The summed E-state index contributed by atoms with van der Waals surface area (Å²) < 4.78 is 22.6. The van der Waals surface area contributed by atoms with Gasteiger partial charge in [-0.1, -0.05) is 17.7 Å². The summed E-state index contributed by atoms with van der Waals surface area (Å²) in [5, 5.41) is 5.97. The van der Waals surface area contributed by atoms with Crippen LogP contribution in [0, 0.1) is 6.92 Å². The van der Waals surface area contributed by atoms with Crippen molar-refractivity contribution >= 4 is 15.7 Å². The maximum atomic E-state index is 11.8. The topological polar surface area (TPSA) is 75.3 Å². The standard InChI is InChI=1S/C14H20N2O3S/c1-11-2-4-12(5-3-11)14(17)16-8-7-15-13-6-9-20(18,19)10-13/h2-5,13,15H,6-10H2,1H3,(H,16,17). The Bertz CT molecular complexity index is 567. The SMILES string of the molecule is Cc1ccc(C(=O)NCCNC2CCS(=O)(=O)C2)cc1. The van der Waals surface area contributed by atoms with Crippen LogP contribution < -0.4 is 10.6 Å². The second kappa shape index (κ2) is 6.37. The summed E-state index contributed by atoms with van der Waals surface area (Å²) in [6, 6.07) is 7.41. The number of amides is 1. The van der Waals surface area contributed by atoms with E-state index in [1.807, 2.05) is 19.1 Å². The third-order valence-electron chi connectivity index (χ3n) is 3.39. The van der Waals surface area contributed by atoms with Crippen molar-refractivity contribution in [1.82, 2.24) is 10.6 Å². The molecule has 110 valence electrons. The minimum atomic E-state index is -2.85. The quantitative estimate of drug-likeness (QED) is 0.776. The Morgan fingerprint density at radius 2 is 1.95 bits per heavy atom. The molecule has 0 spiro atoms. The average molecular weight is 296 g/mol. The van der Waals surface area contributed by atoms with Crippen LogP contribution in [0.15, 0.2) is 24.3 Å². The fraction of sp³-hybridized carbons (Fsp3) is 0.500. The fourth-order valence-corrected chi connectivity index (χ4v) is 3.92. The third kappa shape index (κ3) is 4.31. The van der Waals surface area contributed by atoms with E-state index in [2.05, 4.69) is 10.6 Å². The molecule has 0 bridgehead atoms. The van der Waals surface area contributed by atoms with E-state index in [9.17, 15) is 13.2 Å². The van der Waals surface area contributed by atoms with Crippen molar-refractivity contribution in [2.75, 3.05) is 24.6 Å². The first kappa shape index (κ1) is 15.0. The van der Waals surface area contributed by atoms with E-state index in [4.69, 9.17) is 0 Å². The number of hydrogen-bond donors (Lipinski definition) is 2. The number of aryl methyl sites for hydroxylation is 1. The molecule has 1 saturated heterocycles. The van der Waals surface area contributed by atoms with Crippen LogP contribution in [-0.2, 0) is 9.84 Å². The number of carbonyl (C=O) groups is 1. The van der Waals surface area contributed by atoms with Crippen molar-refractivity contribution in [1.29, 1.82) is 0 Å². The summed E-state index contributed by atoms with van der Waals surface area (Å²) in [6.45, 7) is 3.04. The Kier molecular flexibility index (Phi) is 4.77. The number of sulfone groups is 1. The van der Waals surface area contributed by atoms with Gasteiger partial charge in [0.25, 0.3) is 5.91 Å². The third-order valence-corrected chi connectivity index (χ3v) is 5.16. The molecule has 5 nitrogen and oxygen atoms in total. The number of nitrogens with one attached hydrogen (secondary N) is 2. The van der Waals surface area contributed by atoms with E-state index in [0.717, 1.165) is 5.56 Å². The van der Waals surface area contributed by atoms with Crippen molar-refractivity contribution in [3.63, 3.8) is 0 Å². The van der Waals surface area contributed by atoms with Gasteiger partial charge >= 0.3 is 0 Å². The van der Waals surface area contributed by atoms with Gasteiger partial charge in [-0.25, -0.2) is 8.42 Å². The summed E-state index contributed by atoms with van der Waals surface area (Å²) in [6.07, 6.45) is 0.661. The molecule has 1 aliphatic heterocycles. The Labute approximate surface area is 119 Å². The smallest absolute Gasteiger partial charge is 0.251 e. The molecule has 1 atom stereocenters. The van der Waals surface area contributed by atoms with Crippen molar-refractivity contribution in [2.45, 2.75) is 19.4 Å². The number of hydrogen-bond acceptors (Lipinski definition) is 4. The van der Waals surface area contributed by atoms with Crippen molar-refractivity contribution in [3.8, 4) is 0 Å². The first-order valence-corrected chi connectivity index (χ1v) is 8.57. The van der Waals surface area contributed by atoms with Gasteiger partial charge in [0, 0.05) is 24.7 Å². The maximum Gasteiger partial charge on any atom is 0.251 e. The lowest BCUT2D eigenvalue weighted by molar-refractivity contribution is 0.0953. The molecule has 0 aliphatic carbocycles. The molecule has 0 saturated carbocycles. The lowest BCUT2D eigenvalue weighted by Crippen LogP contribution is -2.37. The Balaban J connectivity index is 1.68. The van der Waals surface area contributed by atoms with Crippen LogP contribution in [0.4, 0.5) is 0 Å². The monoisotopic (exact) mass is 296 g/mol. The van der Waals surface area contributed by atoms with E-state index < -0.39 is 9.84 Å². The molecule has 2 rings (SSSR count). The van der Waals surface area contributed by atoms with Gasteiger partial charge in [-0.2, -0.15) is 0 Å². The lowest BCUT2D eigenvalue weighted by Gasteiger charge is -2.11. The van der Waals surface area contributed by atoms with E-state index in [1.165, 1.54) is 0 Å². The Morgan fingerprint density at radius 3 is 2.55 bits per heavy atom. The highest BCUT2D eigenvalue weighted by Gasteiger charge is 2.26. The number of benzene rings is 1. The predicted octanol–water partition coefficient (Wildman–Crippen LogP) is 0.502. The molecular formula is C14H20N2O3S. The van der Waals surface area contributed by atoms with Gasteiger partial charge in [-0.05, 0) is 25.5 Å². The molecule has 20 heavy (non-hydrogen) atoms. The first-order chi connectivity index (χ1) is 9.46. The second-order valence-electron chi connectivity index (χ2n) is 5.18. The van der Waals surface area contributed by atoms with Crippen LogP contribution in [0.1, 0.15) is 22.3 Å². The van der Waals surface area contributed by atoms with Gasteiger partial charge in [-0.3, -0.25) is 4.79 Å². The molecular weight excluding hydrogens is 276 g/mol. The highest BCUT2D eigenvalue weighted by atomic mass is 32.2. The molecule has 6 heteroatoms. The Morgan fingerprint density at radius 1 is 1.25 bits per heavy atom. The minimum absolute atomic E-state index is 0.0243. The fourth-order valence-electron chi connectivity index (χ4n) is 2.22. The zero-order chi connectivity index (χ0) is 14.6. The van der Waals surface area contributed by atoms with Crippen LogP contribution in [-0.4, -0.2) is 45.0 Å². The molecule has 2 N–H and O–H groups in total. The van der Waals surface area contributed by atoms with Gasteiger partial charge < -0.3 is 10.6 Å². The van der Waals surface area contributed by atoms with Crippen LogP contribution in [0.5, 0.6) is 0 Å². The minimum Gasteiger partial charge on any atom is -0.351 e. The molecule has 1 aromatic rings. The van der Waals surface area contributed by atoms with Gasteiger partial charge in [0.1, 0.15) is 0 Å². The van der Waals surface area contributed by atoms with Gasteiger partial charge in [-0.15, -0.1) is 0 Å². The van der Waals surface area contributed by atoms with Gasteiger partial charge in [0.2, 0.25) is 0 Å². The second-order valence-corrected chi connectivity index (χ2v) is 7.40. The lowest BCUT2D eigenvalue weighted by atomic mass is 10.1. The van der Waals surface area contributed by atoms with E-state index in [0.29, 0.717) is 25.1 Å². The molecule has 1 unspecified atom stereocenters. The Hall–Kier alpha value is -1.40. The van der Waals surface area contributed by atoms with Gasteiger partial charge in [0.05, 0.1) is 11.5 Å². The molecule has 1 fully saturated rings. The largest absolute Gasteiger partial charge is 0.351 e. The van der Waals surface area contributed by atoms with E-state index in [1.54, 1.807) is 12.1 Å². The normalized spacial score (nSPS) is 20.8. The number of rotatable bonds is 5. The van der Waals surface area contributed by atoms with Crippen LogP contribution in [0.2, 0.25) is 0 Å². The summed E-state index contributed by atoms with van der Waals surface area (Å²) in [7, 11) is -2.85. The van der Waals surface area contributed by atoms with Crippen LogP contribution >= 0.6 is 0 Å². The summed E-state index contributed by atoms with van der Waals surface area (Å²) in [4.78, 5) is 11.8. The van der Waals surface area contributed by atoms with Crippen molar-refractivity contribution < 1.29 is 13.2 Å². The average Bonchev–Trinajstić information content (AvgIpc) is 2.75. The summed E-state index contributed by atoms with van der Waals surface area (Å²) >= 11 is 0. The van der Waals surface area contributed by atoms with Crippen molar-refractivity contribution in [3.05, 3.63) is 35.4 Å². The summed E-state index contributed by atoms with van der Waals surface area (Å²) in [5.74, 6) is 0.366. The zero-order valence-corrected chi connectivity index (χ0v) is 12.4. The molecule has 1 aliphatic rings. The molecule has 1 aromatic carbocycles. The van der Waals surface area contributed by atoms with Crippen LogP contribution in [0.3, 0.4) is 0 Å².